The van der Waals surface area contributed by atoms with Gasteiger partial charge in [0.15, 0.2) is 5.96 Å². The first-order chi connectivity index (χ1) is 12.2. The van der Waals surface area contributed by atoms with Gasteiger partial charge in [-0.1, -0.05) is 12.1 Å². The van der Waals surface area contributed by atoms with E-state index >= 15 is 0 Å². The molecule has 7 heteroatoms. The third kappa shape index (κ3) is 4.63. The topological polar surface area (TPSA) is 45.0 Å². The summed E-state index contributed by atoms with van der Waals surface area (Å²) in [4.78, 5) is 9.14. The number of guanidine groups is 1. The van der Waals surface area contributed by atoms with Crippen LogP contribution >= 0.6 is 24.0 Å². The summed E-state index contributed by atoms with van der Waals surface area (Å²) in [6.45, 7) is 4.55. The highest BCUT2D eigenvalue weighted by atomic mass is 127. The van der Waals surface area contributed by atoms with Gasteiger partial charge in [-0.25, -0.2) is 0 Å². The highest BCUT2D eigenvalue weighted by molar-refractivity contribution is 14.0. The zero-order valence-corrected chi connectivity index (χ0v) is 18.0. The molecule has 0 radical (unpaired) electrons. The normalized spacial score (nSPS) is 14.8. The second-order valence-electron chi connectivity index (χ2n) is 6.16. The minimum atomic E-state index is 0. The van der Waals surface area contributed by atoms with Crippen LogP contribution in [-0.4, -0.2) is 55.8 Å². The average Bonchev–Trinajstić information content (AvgIpc) is 3.07. The van der Waals surface area contributed by atoms with E-state index in [4.69, 9.17) is 4.74 Å². The first-order valence-corrected chi connectivity index (χ1v) is 8.66. The lowest BCUT2D eigenvalue weighted by Crippen LogP contribution is -2.52. The van der Waals surface area contributed by atoms with Gasteiger partial charge in [-0.05, 0) is 24.3 Å². The van der Waals surface area contributed by atoms with Gasteiger partial charge in [0.25, 0.3) is 0 Å². The number of piperazine rings is 1. The molecular weight excluding hydrogens is 441 g/mol. The zero-order valence-electron chi connectivity index (χ0n) is 15.7. The van der Waals surface area contributed by atoms with Crippen molar-refractivity contribution in [1.29, 1.82) is 0 Å². The molecule has 2 aromatic rings. The summed E-state index contributed by atoms with van der Waals surface area (Å²) in [5.41, 5.74) is 2.41. The van der Waals surface area contributed by atoms with Gasteiger partial charge in [-0.2, -0.15) is 0 Å². The molecule has 1 aliphatic heterocycles. The molecule has 1 fully saturated rings. The molecule has 2 heterocycles. The van der Waals surface area contributed by atoms with E-state index in [2.05, 4.69) is 62.2 Å². The quantitative estimate of drug-likeness (QED) is 0.425. The monoisotopic (exact) mass is 469 g/mol. The molecule has 1 aromatic carbocycles. The Bertz CT molecular complexity index is 722. The molecule has 1 aliphatic rings. The van der Waals surface area contributed by atoms with Gasteiger partial charge in [0.1, 0.15) is 5.75 Å². The van der Waals surface area contributed by atoms with Crippen molar-refractivity contribution in [2.24, 2.45) is 12.0 Å². The maximum absolute atomic E-state index is 5.49. The predicted octanol–water partition coefficient (Wildman–Crippen LogP) is 2.55. The fourth-order valence-corrected chi connectivity index (χ4v) is 3.23. The number of aliphatic imine (C=N–C) groups is 1. The molecule has 0 spiro atoms. The number of nitrogens with one attached hydrogen (secondary N) is 1. The van der Waals surface area contributed by atoms with Gasteiger partial charge < -0.3 is 24.4 Å². The molecule has 0 atom stereocenters. The second kappa shape index (κ2) is 9.70. The predicted molar refractivity (Wildman–Crippen MR) is 118 cm³/mol. The molecule has 26 heavy (non-hydrogen) atoms. The summed E-state index contributed by atoms with van der Waals surface area (Å²) in [6, 6.07) is 12.4. The minimum Gasteiger partial charge on any atom is -0.495 e. The summed E-state index contributed by atoms with van der Waals surface area (Å²) >= 11 is 0. The molecule has 0 saturated carbocycles. The van der Waals surface area contributed by atoms with E-state index in [0.29, 0.717) is 0 Å². The lowest BCUT2D eigenvalue weighted by Gasteiger charge is -2.38. The lowest BCUT2D eigenvalue weighted by atomic mass is 10.2. The number of para-hydroxylation sites is 2. The Hall–Kier alpha value is -1.90. The Morgan fingerprint density at radius 3 is 2.46 bits per heavy atom. The Balaban J connectivity index is 0.00000243. The van der Waals surface area contributed by atoms with Crippen LogP contribution in [0.1, 0.15) is 5.69 Å². The summed E-state index contributed by atoms with van der Waals surface area (Å²) in [5, 5.41) is 3.47. The fraction of sp³-hybridized carbons (Fsp3) is 0.421. The molecule has 6 nitrogen and oxygen atoms in total. The largest absolute Gasteiger partial charge is 0.495 e. The van der Waals surface area contributed by atoms with Crippen LogP contribution in [0.3, 0.4) is 0 Å². The number of methoxy groups -OCH3 is 1. The standard InChI is InChI=1S/C19H27N5O.HI/c1-20-19(21-15-16-7-6-10-22(16)2)24-13-11-23(12-14-24)17-8-4-5-9-18(17)25-3;/h4-10H,11-15H2,1-3H3,(H,20,21);1H. The first kappa shape index (κ1) is 20.4. The highest BCUT2D eigenvalue weighted by Gasteiger charge is 2.21. The highest BCUT2D eigenvalue weighted by Crippen LogP contribution is 2.28. The first-order valence-electron chi connectivity index (χ1n) is 8.66. The van der Waals surface area contributed by atoms with Crippen LogP contribution in [0.15, 0.2) is 47.6 Å². The Kier molecular flexibility index (Phi) is 7.62. The number of aromatic nitrogens is 1. The summed E-state index contributed by atoms with van der Waals surface area (Å²) < 4.78 is 7.62. The van der Waals surface area contributed by atoms with Crippen LogP contribution in [0.2, 0.25) is 0 Å². The van der Waals surface area contributed by atoms with Gasteiger partial charge in [0, 0.05) is 52.2 Å². The van der Waals surface area contributed by atoms with Crippen molar-refractivity contribution in [3.05, 3.63) is 48.3 Å². The molecule has 1 aromatic heterocycles. The number of ether oxygens (including phenoxy) is 1. The van der Waals surface area contributed by atoms with Gasteiger partial charge in [0.2, 0.25) is 0 Å². The third-order valence-corrected chi connectivity index (χ3v) is 4.70. The maximum atomic E-state index is 5.49. The van der Waals surface area contributed by atoms with Gasteiger partial charge in [-0.3, -0.25) is 4.99 Å². The number of nitrogens with zero attached hydrogens (tertiary/aromatic N) is 4. The molecule has 1 N–H and O–H groups in total. The Morgan fingerprint density at radius 2 is 1.85 bits per heavy atom. The van der Waals surface area contributed by atoms with E-state index in [9.17, 15) is 0 Å². The lowest BCUT2D eigenvalue weighted by molar-refractivity contribution is 0.366. The summed E-state index contributed by atoms with van der Waals surface area (Å²) in [7, 11) is 5.64. The SMILES string of the molecule is CN=C(NCc1cccn1C)N1CCN(c2ccccc2OC)CC1.I. The van der Waals surface area contributed by atoms with E-state index in [1.165, 1.54) is 5.69 Å². The van der Waals surface area contributed by atoms with E-state index in [1.807, 2.05) is 19.2 Å². The van der Waals surface area contributed by atoms with E-state index in [1.54, 1.807) is 7.11 Å². The van der Waals surface area contributed by atoms with Crippen LogP contribution < -0.4 is 15.0 Å². The number of rotatable bonds is 4. The fourth-order valence-electron chi connectivity index (χ4n) is 3.23. The van der Waals surface area contributed by atoms with Crippen LogP contribution in [0.25, 0.3) is 0 Å². The molecule has 0 bridgehead atoms. The van der Waals surface area contributed by atoms with Crippen molar-refractivity contribution in [2.45, 2.75) is 6.54 Å². The number of hydrogen-bond donors (Lipinski definition) is 1. The molecule has 142 valence electrons. The third-order valence-electron chi connectivity index (χ3n) is 4.70. The number of halogens is 1. The van der Waals surface area contributed by atoms with Crippen molar-refractivity contribution in [2.75, 3.05) is 45.2 Å². The Labute approximate surface area is 172 Å². The number of hydrogen-bond acceptors (Lipinski definition) is 3. The second-order valence-corrected chi connectivity index (χ2v) is 6.16. The van der Waals surface area contributed by atoms with E-state index in [-0.39, 0.29) is 24.0 Å². The van der Waals surface area contributed by atoms with Crippen molar-refractivity contribution < 1.29 is 4.74 Å². The van der Waals surface area contributed by atoms with Crippen molar-refractivity contribution in [3.8, 4) is 5.75 Å². The molecular formula is C19H28IN5O. The van der Waals surface area contributed by atoms with Crippen LogP contribution in [0.4, 0.5) is 5.69 Å². The molecule has 0 aliphatic carbocycles. The number of aryl methyl sites for hydroxylation is 1. The van der Waals surface area contributed by atoms with Crippen molar-refractivity contribution >= 4 is 35.6 Å². The van der Waals surface area contributed by atoms with Crippen molar-refractivity contribution in [1.82, 2.24) is 14.8 Å². The molecule has 0 unspecified atom stereocenters. The van der Waals surface area contributed by atoms with Gasteiger partial charge in [0.05, 0.1) is 19.3 Å². The van der Waals surface area contributed by atoms with E-state index in [0.717, 1.165) is 50.1 Å². The number of anilines is 1. The van der Waals surface area contributed by atoms with Gasteiger partial charge >= 0.3 is 0 Å². The summed E-state index contributed by atoms with van der Waals surface area (Å²) in [6.07, 6.45) is 2.06. The van der Waals surface area contributed by atoms with E-state index < -0.39 is 0 Å². The molecule has 1 saturated heterocycles. The summed E-state index contributed by atoms with van der Waals surface area (Å²) in [5.74, 6) is 1.89. The molecule has 0 amide bonds. The van der Waals surface area contributed by atoms with Crippen LogP contribution in [0.5, 0.6) is 5.75 Å². The minimum absolute atomic E-state index is 0. The van der Waals surface area contributed by atoms with Crippen LogP contribution in [-0.2, 0) is 13.6 Å². The molecule has 3 rings (SSSR count). The Morgan fingerprint density at radius 1 is 1.12 bits per heavy atom. The average molecular weight is 469 g/mol. The van der Waals surface area contributed by atoms with Crippen molar-refractivity contribution in [3.63, 3.8) is 0 Å². The smallest absolute Gasteiger partial charge is 0.194 e. The maximum Gasteiger partial charge on any atom is 0.194 e. The number of benzene rings is 1. The zero-order chi connectivity index (χ0) is 17.6. The van der Waals surface area contributed by atoms with Crippen LogP contribution in [0, 0.1) is 0 Å². The van der Waals surface area contributed by atoms with Gasteiger partial charge in [-0.15, -0.1) is 24.0 Å².